The summed E-state index contributed by atoms with van der Waals surface area (Å²) in [5.74, 6) is 1.67. The second-order valence-electron chi connectivity index (χ2n) is 4.97. The number of nitrogens with two attached hydrogens (primary N) is 1. The molecule has 0 bridgehead atoms. The van der Waals surface area contributed by atoms with E-state index in [9.17, 15) is 0 Å². The smallest absolute Gasteiger partial charge is 0.0199 e. The lowest BCUT2D eigenvalue weighted by atomic mass is 9.77. The minimum atomic E-state index is 0.414. The Balaban J connectivity index is 1.89. The van der Waals surface area contributed by atoms with E-state index in [1.165, 1.54) is 38.9 Å². The summed E-state index contributed by atoms with van der Waals surface area (Å²) in [4.78, 5) is 2.36. The van der Waals surface area contributed by atoms with Crippen molar-refractivity contribution in [1.82, 2.24) is 10.2 Å². The maximum Gasteiger partial charge on any atom is 0.0199 e. The normalized spacial score (nSPS) is 37.3. The first-order valence-corrected chi connectivity index (χ1v) is 5.92. The molecule has 0 radical (unpaired) electrons. The van der Waals surface area contributed by atoms with Crippen molar-refractivity contribution in [1.29, 1.82) is 0 Å². The summed E-state index contributed by atoms with van der Waals surface area (Å²) in [5.41, 5.74) is 6.24. The van der Waals surface area contributed by atoms with Crippen LogP contribution in [0.15, 0.2) is 0 Å². The van der Waals surface area contributed by atoms with Gasteiger partial charge in [0.2, 0.25) is 0 Å². The minimum absolute atomic E-state index is 0.414. The van der Waals surface area contributed by atoms with Crippen molar-refractivity contribution in [2.24, 2.45) is 17.6 Å². The topological polar surface area (TPSA) is 41.3 Å². The molecular weight excluding hydrogens is 174 g/mol. The molecule has 3 heteroatoms. The number of hydrogen-bond acceptors (Lipinski definition) is 3. The summed E-state index contributed by atoms with van der Waals surface area (Å²) >= 11 is 0. The Labute approximate surface area is 87.0 Å². The molecule has 0 aromatic rings. The molecule has 0 amide bonds. The van der Waals surface area contributed by atoms with Crippen molar-refractivity contribution in [3.8, 4) is 0 Å². The van der Waals surface area contributed by atoms with Crippen LogP contribution < -0.4 is 11.1 Å². The lowest BCUT2D eigenvalue weighted by Crippen LogP contribution is -2.50. The van der Waals surface area contributed by atoms with Gasteiger partial charge in [-0.1, -0.05) is 0 Å². The zero-order valence-electron chi connectivity index (χ0n) is 9.21. The number of nitrogens with zero attached hydrogens (tertiary/aromatic N) is 1. The average Bonchev–Trinajstić information content (AvgIpc) is 2.19. The van der Waals surface area contributed by atoms with Gasteiger partial charge in [0, 0.05) is 12.6 Å². The van der Waals surface area contributed by atoms with Gasteiger partial charge in [-0.2, -0.15) is 0 Å². The van der Waals surface area contributed by atoms with E-state index < -0.39 is 0 Å². The van der Waals surface area contributed by atoms with Gasteiger partial charge in [0.25, 0.3) is 0 Å². The van der Waals surface area contributed by atoms with Crippen LogP contribution in [-0.2, 0) is 0 Å². The van der Waals surface area contributed by atoms with Crippen LogP contribution in [-0.4, -0.2) is 44.2 Å². The Morgan fingerprint density at radius 3 is 2.57 bits per heavy atom. The molecule has 2 aliphatic heterocycles. The summed E-state index contributed by atoms with van der Waals surface area (Å²) in [5, 5.41) is 3.43. The van der Waals surface area contributed by atoms with E-state index in [4.69, 9.17) is 5.73 Å². The van der Waals surface area contributed by atoms with Crippen molar-refractivity contribution in [2.45, 2.75) is 25.3 Å². The quantitative estimate of drug-likeness (QED) is 0.634. The third-order valence-electron chi connectivity index (χ3n) is 3.91. The molecule has 2 aliphatic rings. The van der Waals surface area contributed by atoms with Crippen LogP contribution in [0.4, 0.5) is 0 Å². The largest absolute Gasteiger partial charge is 0.326 e. The molecule has 0 aliphatic carbocycles. The van der Waals surface area contributed by atoms with Crippen molar-refractivity contribution < 1.29 is 0 Å². The predicted molar refractivity (Wildman–Crippen MR) is 59.2 cm³/mol. The molecule has 2 saturated heterocycles. The Bertz CT molecular complexity index is 177. The summed E-state index contributed by atoms with van der Waals surface area (Å²) in [6.07, 6.45) is 3.98. The molecule has 82 valence electrons. The number of likely N-dealkylation sites (N-methyl/N-ethyl adjacent to an activating group) is 1. The zero-order valence-corrected chi connectivity index (χ0v) is 9.21. The fourth-order valence-corrected chi connectivity index (χ4v) is 3.03. The predicted octanol–water partition coefficient (Wildman–Crippen LogP) is 0.265. The molecule has 3 nitrogen and oxygen atoms in total. The second-order valence-corrected chi connectivity index (χ2v) is 4.97. The fraction of sp³-hybridized carbons (Fsp3) is 1.00. The van der Waals surface area contributed by atoms with E-state index in [1.54, 1.807) is 0 Å². The van der Waals surface area contributed by atoms with Gasteiger partial charge >= 0.3 is 0 Å². The molecule has 0 saturated carbocycles. The molecule has 2 unspecified atom stereocenters. The third-order valence-corrected chi connectivity index (χ3v) is 3.91. The van der Waals surface area contributed by atoms with Gasteiger partial charge in [-0.15, -0.1) is 0 Å². The van der Waals surface area contributed by atoms with Crippen molar-refractivity contribution >= 4 is 0 Å². The maximum absolute atomic E-state index is 6.24. The second kappa shape index (κ2) is 4.60. The van der Waals surface area contributed by atoms with Gasteiger partial charge in [-0.25, -0.2) is 0 Å². The van der Waals surface area contributed by atoms with Crippen molar-refractivity contribution in [2.75, 3.05) is 33.2 Å². The Morgan fingerprint density at radius 1 is 1.21 bits per heavy atom. The van der Waals surface area contributed by atoms with Gasteiger partial charge in [-0.3, -0.25) is 0 Å². The highest BCUT2D eigenvalue weighted by Gasteiger charge is 2.31. The lowest BCUT2D eigenvalue weighted by molar-refractivity contribution is 0.125. The SMILES string of the molecule is CN1CCC(C2CCNCC2)C(N)C1. The molecule has 14 heavy (non-hydrogen) atoms. The van der Waals surface area contributed by atoms with E-state index in [2.05, 4.69) is 17.3 Å². The number of piperidine rings is 2. The molecule has 3 N–H and O–H groups in total. The minimum Gasteiger partial charge on any atom is -0.326 e. The third kappa shape index (κ3) is 2.27. The molecule has 2 atom stereocenters. The Kier molecular flexibility index (Phi) is 3.42. The van der Waals surface area contributed by atoms with Gasteiger partial charge in [-0.05, 0) is 57.8 Å². The van der Waals surface area contributed by atoms with Crippen LogP contribution in [0.5, 0.6) is 0 Å². The average molecular weight is 197 g/mol. The van der Waals surface area contributed by atoms with Crippen LogP contribution >= 0.6 is 0 Å². The zero-order chi connectivity index (χ0) is 9.97. The van der Waals surface area contributed by atoms with Crippen molar-refractivity contribution in [3.63, 3.8) is 0 Å². The summed E-state index contributed by atoms with van der Waals surface area (Å²) in [6, 6.07) is 0.414. The first kappa shape index (κ1) is 10.4. The molecule has 2 fully saturated rings. The first-order valence-electron chi connectivity index (χ1n) is 5.92. The van der Waals surface area contributed by atoms with E-state index in [0.29, 0.717) is 6.04 Å². The summed E-state index contributed by atoms with van der Waals surface area (Å²) in [7, 11) is 2.18. The molecule has 0 aromatic heterocycles. The molecular formula is C11H23N3. The van der Waals surface area contributed by atoms with Gasteiger partial charge in [0.15, 0.2) is 0 Å². The highest BCUT2D eigenvalue weighted by molar-refractivity contribution is 4.87. The summed E-state index contributed by atoms with van der Waals surface area (Å²) < 4.78 is 0. The highest BCUT2D eigenvalue weighted by Crippen LogP contribution is 2.29. The fourth-order valence-electron chi connectivity index (χ4n) is 3.03. The monoisotopic (exact) mass is 197 g/mol. The van der Waals surface area contributed by atoms with Gasteiger partial charge in [0.05, 0.1) is 0 Å². The molecule has 2 heterocycles. The summed E-state index contributed by atoms with van der Waals surface area (Å²) in [6.45, 7) is 4.73. The molecule has 0 aromatic carbocycles. The van der Waals surface area contributed by atoms with Crippen molar-refractivity contribution in [3.05, 3.63) is 0 Å². The van der Waals surface area contributed by atoms with Gasteiger partial charge < -0.3 is 16.0 Å². The maximum atomic E-state index is 6.24. The molecule has 2 rings (SSSR count). The van der Waals surface area contributed by atoms with Crippen LogP contribution in [0.1, 0.15) is 19.3 Å². The first-order chi connectivity index (χ1) is 6.77. The van der Waals surface area contributed by atoms with E-state index in [0.717, 1.165) is 18.4 Å². The molecule has 0 spiro atoms. The standard InChI is InChI=1S/C11H23N3/c1-14-7-4-10(11(12)8-14)9-2-5-13-6-3-9/h9-11,13H,2-8,12H2,1H3. The van der Waals surface area contributed by atoms with Crippen LogP contribution in [0.2, 0.25) is 0 Å². The van der Waals surface area contributed by atoms with Crippen LogP contribution in [0, 0.1) is 11.8 Å². The number of hydrogen-bond donors (Lipinski definition) is 2. The highest BCUT2D eigenvalue weighted by atomic mass is 15.1. The van der Waals surface area contributed by atoms with Crippen LogP contribution in [0.3, 0.4) is 0 Å². The number of likely N-dealkylation sites (tertiary alicyclic amines) is 1. The van der Waals surface area contributed by atoms with E-state index in [-0.39, 0.29) is 0 Å². The van der Waals surface area contributed by atoms with E-state index in [1.807, 2.05) is 0 Å². The van der Waals surface area contributed by atoms with Gasteiger partial charge in [0.1, 0.15) is 0 Å². The number of nitrogens with one attached hydrogen (secondary N) is 1. The van der Waals surface area contributed by atoms with Crippen LogP contribution in [0.25, 0.3) is 0 Å². The van der Waals surface area contributed by atoms with E-state index >= 15 is 0 Å². The lowest BCUT2D eigenvalue weighted by Gasteiger charge is -2.40. The Morgan fingerprint density at radius 2 is 1.93 bits per heavy atom. The number of rotatable bonds is 1. The Hall–Kier alpha value is -0.120.